The summed E-state index contributed by atoms with van der Waals surface area (Å²) in [6.07, 6.45) is -9.31. The van der Waals surface area contributed by atoms with Gasteiger partial charge < -0.3 is 4.84 Å². The third kappa shape index (κ3) is 5.90. The molecule has 14 heteroatoms. The van der Waals surface area contributed by atoms with Gasteiger partial charge in [-0.25, -0.2) is 0 Å². The Kier molecular flexibility index (Phi) is 6.75. The third-order valence-electron chi connectivity index (χ3n) is 4.56. The van der Waals surface area contributed by atoms with Crippen molar-refractivity contribution in [3.05, 3.63) is 109 Å². The van der Waals surface area contributed by atoms with Gasteiger partial charge in [0.05, 0.1) is 27.0 Å². The maximum Gasteiger partial charge on any atom is 0.416 e. The molecule has 0 aromatic heterocycles. The maximum atomic E-state index is 12.9. The zero-order valence-electron chi connectivity index (χ0n) is 17.0. The Bertz CT molecular complexity index is 1230. The number of nitro groups is 2. The SMILES string of the molecule is O=[N+]([O-])c1ccc(ON=C(c2ccc(C(F)(F)F)cc2)c2ccc(C(F)(F)F)cc2)c([N+](=O)[O-])c1. The molecule has 0 aliphatic rings. The molecule has 0 fully saturated rings. The molecule has 0 spiro atoms. The smallest absolute Gasteiger partial charge is 0.349 e. The second-order valence-electron chi connectivity index (χ2n) is 6.85. The summed E-state index contributed by atoms with van der Waals surface area (Å²) < 4.78 is 77.4. The van der Waals surface area contributed by atoms with Crippen LogP contribution in [0.25, 0.3) is 0 Å². The monoisotopic (exact) mass is 499 g/mol. The molecule has 3 aromatic rings. The first-order valence-electron chi connectivity index (χ1n) is 9.30. The number of nitro benzene ring substituents is 2. The molecule has 0 saturated carbocycles. The molecule has 0 aliphatic heterocycles. The number of halogens is 6. The van der Waals surface area contributed by atoms with Crippen molar-refractivity contribution in [2.24, 2.45) is 5.16 Å². The Labute approximate surface area is 191 Å². The van der Waals surface area contributed by atoms with Crippen LogP contribution in [0.5, 0.6) is 5.75 Å². The lowest BCUT2D eigenvalue weighted by molar-refractivity contribution is -0.394. The van der Waals surface area contributed by atoms with Gasteiger partial charge >= 0.3 is 18.0 Å². The molecule has 0 amide bonds. The summed E-state index contributed by atoms with van der Waals surface area (Å²) in [6, 6.07) is 9.21. The normalized spacial score (nSPS) is 11.6. The van der Waals surface area contributed by atoms with Gasteiger partial charge in [0, 0.05) is 17.2 Å². The molecule has 0 unspecified atom stereocenters. The fraction of sp³-hybridized carbons (Fsp3) is 0.0952. The Hall–Kier alpha value is -4.49. The predicted molar refractivity (Wildman–Crippen MR) is 109 cm³/mol. The van der Waals surface area contributed by atoms with Gasteiger partial charge in [0.2, 0.25) is 5.75 Å². The van der Waals surface area contributed by atoms with Crippen molar-refractivity contribution in [2.75, 3.05) is 0 Å². The molecule has 0 saturated heterocycles. The van der Waals surface area contributed by atoms with Crippen LogP contribution in [0, 0.1) is 20.2 Å². The van der Waals surface area contributed by atoms with E-state index in [0.29, 0.717) is 30.3 Å². The van der Waals surface area contributed by atoms with Crippen LogP contribution >= 0.6 is 0 Å². The van der Waals surface area contributed by atoms with E-state index in [1.54, 1.807) is 0 Å². The fourth-order valence-electron chi connectivity index (χ4n) is 2.84. The van der Waals surface area contributed by atoms with E-state index in [0.717, 1.165) is 36.4 Å². The predicted octanol–water partition coefficient (Wildman–Crippen LogP) is 6.37. The van der Waals surface area contributed by atoms with Crippen molar-refractivity contribution in [3.63, 3.8) is 0 Å². The first kappa shape index (κ1) is 25.1. The van der Waals surface area contributed by atoms with Gasteiger partial charge in [0.25, 0.3) is 5.69 Å². The number of benzene rings is 3. The highest BCUT2D eigenvalue weighted by atomic mass is 19.4. The number of hydrogen-bond acceptors (Lipinski definition) is 6. The van der Waals surface area contributed by atoms with E-state index in [-0.39, 0.29) is 16.8 Å². The summed E-state index contributed by atoms with van der Waals surface area (Å²) in [4.78, 5) is 25.4. The summed E-state index contributed by atoms with van der Waals surface area (Å²) in [5, 5.41) is 25.9. The molecule has 3 rings (SSSR count). The summed E-state index contributed by atoms with van der Waals surface area (Å²) >= 11 is 0. The van der Waals surface area contributed by atoms with Crippen LogP contribution in [0.3, 0.4) is 0 Å². The van der Waals surface area contributed by atoms with E-state index < -0.39 is 50.5 Å². The van der Waals surface area contributed by atoms with E-state index in [4.69, 9.17) is 4.84 Å². The lowest BCUT2D eigenvalue weighted by Gasteiger charge is -2.11. The van der Waals surface area contributed by atoms with Crippen molar-refractivity contribution in [3.8, 4) is 5.75 Å². The Morgan fingerprint density at radius 1 is 0.714 bits per heavy atom. The zero-order chi connectivity index (χ0) is 26.0. The standard InChI is InChI=1S/C21H11F6N3O5/c22-20(23,24)14-5-1-12(2-6-14)19(13-3-7-15(8-4-13)21(25,26)27)28-35-18-10-9-16(29(31)32)11-17(18)30(33)34/h1-11H. The summed E-state index contributed by atoms with van der Waals surface area (Å²) in [6.45, 7) is 0. The molecule has 182 valence electrons. The van der Waals surface area contributed by atoms with E-state index in [1.165, 1.54) is 0 Å². The number of alkyl halides is 6. The molecule has 3 aromatic carbocycles. The fourth-order valence-corrected chi connectivity index (χ4v) is 2.84. The molecule has 0 heterocycles. The maximum absolute atomic E-state index is 12.9. The molecule has 0 atom stereocenters. The minimum absolute atomic E-state index is 0.0117. The molecule has 0 N–H and O–H groups in total. The van der Waals surface area contributed by atoms with Gasteiger partial charge in [-0.05, 0) is 30.3 Å². The van der Waals surface area contributed by atoms with Crippen molar-refractivity contribution in [2.45, 2.75) is 12.4 Å². The second-order valence-corrected chi connectivity index (χ2v) is 6.85. The van der Waals surface area contributed by atoms with E-state index in [9.17, 15) is 46.6 Å². The quantitative estimate of drug-likeness (QED) is 0.169. The van der Waals surface area contributed by atoms with Crippen LogP contribution in [0.1, 0.15) is 22.3 Å². The number of oxime groups is 1. The second kappa shape index (κ2) is 9.40. The average molecular weight is 499 g/mol. The zero-order valence-corrected chi connectivity index (χ0v) is 17.0. The first-order valence-corrected chi connectivity index (χ1v) is 9.30. The Morgan fingerprint density at radius 2 is 1.17 bits per heavy atom. The highest BCUT2D eigenvalue weighted by Crippen LogP contribution is 2.33. The molecule has 0 radical (unpaired) electrons. The van der Waals surface area contributed by atoms with Crippen molar-refractivity contribution >= 4 is 17.1 Å². The van der Waals surface area contributed by atoms with Crippen molar-refractivity contribution in [1.29, 1.82) is 0 Å². The third-order valence-corrected chi connectivity index (χ3v) is 4.56. The highest BCUT2D eigenvalue weighted by molar-refractivity contribution is 6.12. The summed E-state index contributed by atoms with van der Waals surface area (Å²) in [5.74, 6) is -0.545. The Balaban J connectivity index is 2.08. The van der Waals surface area contributed by atoms with Gasteiger partial charge in [0.1, 0.15) is 5.71 Å². The van der Waals surface area contributed by atoms with Crippen LogP contribution in [-0.2, 0) is 12.4 Å². The number of rotatable bonds is 6. The Morgan fingerprint density at radius 3 is 1.54 bits per heavy atom. The van der Waals surface area contributed by atoms with Crippen molar-refractivity contribution < 1.29 is 41.0 Å². The molecule has 0 bridgehead atoms. The lowest BCUT2D eigenvalue weighted by atomic mass is 10.00. The summed E-state index contributed by atoms with van der Waals surface area (Å²) in [5.41, 5.74) is -3.72. The van der Waals surface area contributed by atoms with Crippen LogP contribution in [0.4, 0.5) is 37.7 Å². The largest absolute Gasteiger partial charge is 0.416 e. The van der Waals surface area contributed by atoms with Gasteiger partial charge in [0.15, 0.2) is 0 Å². The number of nitrogens with zero attached hydrogens (tertiary/aromatic N) is 3. The van der Waals surface area contributed by atoms with E-state index in [2.05, 4.69) is 5.16 Å². The minimum Gasteiger partial charge on any atom is -0.349 e. The van der Waals surface area contributed by atoms with Gasteiger partial charge in [-0.3, -0.25) is 20.2 Å². The van der Waals surface area contributed by atoms with Crippen LogP contribution < -0.4 is 4.84 Å². The lowest BCUT2D eigenvalue weighted by Crippen LogP contribution is -2.10. The minimum atomic E-state index is -4.65. The molecule has 35 heavy (non-hydrogen) atoms. The molecule has 8 nitrogen and oxygen atoms in total. The molecule has 0 aliphatic carbocycles. The molecular formula is C21H11F6N3O5. The van der Waals surface area contributed by atoms with Crippen LogP contribution in [0.2, 0.25) is 0 Å². The van der Waals surface area contributed by atoms with Crippen LogP contribution in [-0.4, -0.2) is 15.6 Å². The van der Waals surface area contributed by atoms with E-state index >= 15 is 0 Å². The first-order chi connectivity index (χ1) is 16.3. The summed E-state index contributed by atoms with van der Waals surface area (Å²) in [7, 11) is 0. The molecular weight excluding hydrogens is 488 g/mol. The van der Waals surface area contributed by atoms with Crippen molar-refractivity contribution in [1.82, 2.24) is 0 Å². The number of non-ortho nitro benzene ring substituents is 1. The van der Waals surface area contributed by atoms with E-state index in [1.807, 2.05) is 0 Å². The highest BCUT2D eigenvalue weighted by Gasteiger charge is 2.31. The van der Waals surface area contributed by atoms with Crippen LogP contribution in [0.15, 0.2) is 71.9 Å². The topological polar surface area (TPSA) is 108 Å². The van der Waals surface area contributed by atoms with Gasteiger partial charge in [-0.2, -0.15) is 26.3 Å². The average Bonchev–Trinajstić information content (AvgIpc) is 2.78. The van der Waals surface area contributed by atoms with Gasteiger partial charge in [-0.15, -0.1) is 0 Å². The van der Waals surface area contributed by atoms with Gasteiger partial charge in [-0.1, -0.05) is 29.4 Å². The number of hydrogen-bond donors (Lipinski definition) is 0.